The van der Waals surface area contributed by atoms with Gasteiger partial charge in [0, 0.05) is 43.6 Å². The lowest BCUT2D eigenvalue weighted by Gasteiger charge is -2.36. The highest BCUT2D eigenvalue weighted by Gasteiger charge is 2.26. The van der Waals surface area contributed by atoms with E-state index in [2.05, 4.69) is 22.1 Å². The third-order valence-corrected chi connectivity index (χ3v) is 5.32. The number of anilines is 1. The third kappa shape index (κ3) is 3.83. The molecule has 0 saturated carbocycles. The van der Waals surface area contributed by atoms with Crippen molar-refractivity contribution in [1.82, 2.24) is 14.7 Å². The second kappa shape index (κ2) is 8.10. The Morgan fingerprint density at radius 1 is 0.967 bits per heavy atom. The summed E-state index contributed by atoms with van der Waals surface area (Å²) in [7, 11) is 0. The number of benzene rings is 2. The normalized spacial score (nSPS) is 14.1. The molecule has 1 fully saturated rings. The largest absolute Gasteiger partial charge is 0.368 e. The first-order chi connectivity index (χ1) is 14.4. The fourth-order valence-corrected chi connectivity index (χ4v) is 3.71. The van der Waals surface area contributed by atoms with E-state index in [0.717, 1.165) is 5.69 Å². The van der Waals surface area contributed by atoms with Crippen molar-refractivity contribution in [2.24, 2.45) is 0 Å². The summed E-state index contributed by atoms with van der Waals surface area (Å²) in [6.07, 6.45) is 0. The average Bonchev–Trinajstić information content (AvgIpc) is 2.74. The molecule has 7 heteroatoms. The number of halogens is 1. The minimum Gasteiger partial charge on any atom is -0.368 e. The van der Waals surface area contributed by atoms with Crippen LogP contribution in [0.1, 0.15) is 21.7 Å². The topological polar surface area (TPSA) is 58.4 Å². The molecule has 1 aromatic heterocycles. The number of rotatable bonds is 3. The molecule has 1 saturated heterocycles. The molecule has 30 heavy (non-hydrogen) atoms. The van der Waals surface area contributed by atoms with Gasteiger partial charge in [-0.15, -0.1) is 0 Å². The summed E-state index contributed by atoms with van der Waals surface area (Å²) in [4.78, 5) is 29.4. The minimum absolute atomic E-state index is 0.187. The molecule has 0 radical (unpaired) electrons. The summed E-state index contributed by atoms with van der Waals surface area (Å²) in [5.74, 6) is -0.893. The molecule has 6 nitrogen and oxygen atoms in total. The second-order valence-electron chi connectivity index (χ2n) is 7.48. The van der Waals surface area contributed by atoms with Gasteiger partial charge < -0.3 is 9.80 Å². The molecule has 2 heterocycles. The number of hydrogen-bond acceptors (Lipinski definition) is 4. The molecule has 154 valence electrons. The van der Waals surface area contributed by atoms with Crippen molar-refractivity contribution in [1.29, 1.82) is 0 Å². The van der Waals surface area contributed by atoms with Crippen LogP contribution in [0.5, 0.6) is 0 Å². The van der Waals surface area contributed by atoms with Crippen molar-refractivity contribution < 1.29 is 9.18 Å². The standard InChI is InChI=1S/C23H23FN4O2/c1-16-6-5-7-18(14-16)26-10-12-27(13-11-26)23(30)22-21(29)15-17(2)28(25-22)20-9-4-3-8-19(20)24/h3-9,14-15H,10-13H2,1-2H3. The molecule has 0 atom stereocenters. The molecule has 0 N–H and O–H groups in total. The average molecular weight is 406 g/mol. The Labute approximate surface area is 174 Å². The third-order valence-electron chi connectivity index (χ3n) is 5.32. The highest BCUT2D eigenvalue weighted by atomic mass is 19.1. The first kappa shape index (κ1) is 19.8. The fourth-order valence-electron chi connectivity index (χ4n) is 3.71. The van der Waals surface area contributed by atoms with Crippen LogP contribution in [0.2, 0.25) is 0 Å². The summed E-state index contributed by atoms with van der Waals surface area (Å²) in [6.45, 7) is 6.02. The van der Waals surface area contributed by atoms with E-state index in [9.17, 15) is 14.0 Å². The van der Waals surface area contributed by atoms with E-state index in [-0.39, 0.29) is 11.4 Å². The van der Waals surface area contributed by atoms with Crippen molar-refractivity contribution >= 4 is 11.6 Å². The number of amides is 1. The quantitative estimate of drug-likeness (QED) is 0.671. The molecule has 3 aromatic rings. The van der Waals surface area contributed by atoms with Crippen LogP contribution in [0.4, 0.5) is 10.1 Å². The molecule has 1 aliphatic rings. The van der Waals surface area contributed by atoms with Crippen molar-refractivity contribution in [3.8, 4) is 5.69 Å². The van der Waals surface area contributed by atoms with Gasteiger partial charge in [-0.2, -0.15) is 5.10 Å². The number of aromatic nitrogens is 2. The smallest absolute Gasteiger partial charge is 0.278 e. The monoisotopic (exact) mass is 406 g/mol. The van der Waals surface area contributed by atoms with Gasteiger partial charge >= 0.3 is 0 Å². The van der Waals surface area contributed by atoms with E-state index in [4.69, 9.17) is 0 Å². The Balaban J connectivity index is 1.56. The van der Waals surface area contributed by atoms with Crippen LogP contribution in [0, 0.1) is 19.7 Å². The fraction of sp³-hybridized carbons (Fsp3) is 0.261. The number of carbonyl (C=O) groups is 1. The number of aryl methyl sites for hydroxylation is 2. The summed E-state index contributed by atoms with van der Waals surface area (Å²) in [5.41, 5.74) is 2.33. The maximum atomic E-state index is 14.2. The van der Waals surface area contributed by atoms with E-state index in [1.165, 1.54) is 22.4 Å². The molecule has 1 aliphatic heterocycles. The molecule has 1 amide bonds. The van der Waals surface area contributed by atoms with E-state index in [1.807, 2.05) is 19.1 Å². The van der Waals surface area contributed by atoms with Gasteiger partial charge in [-0.25, -0.2) is 9.07 Å². The van der Waals surface area contributed by atoms with Gasteiger partial charge in [-0.1, -0.05) is 24.3 Å². The highest BCUT2D eigenvalue weighted by Crippen LogP contribution is 2.19. The second-order valence-corrected chi connectivity index (χ2v) is 7.48. The number of nitrogens with zero attached hydrogens (tertiary/aromatic N) is 4. The molecule has 0 bridgehead atoms. The summed E-state index contributed by atoms with van der Waals surface area (Å²) in [6, 6.07) is 15.7. The lowest BCUT2D eigenvalue weighted by Crippen LogP contribution is -2.50. The van der Waals surface area contributed by atoms with Gasteiger partial charge in [0.25, 0.3) is 5.91 Å². The minimum atomic E-state index is -0.470. The van der Waals surface area contributed by atoms with Crippen LogP contribution in [0.25, 0.3) is 5.69 Å². The van der Waals surface area contributed by atoms with Crippen molar-refractivity contribution in [3.05, 3.63) is 87.6 Å². The first-order valence-electron chi connectivity index (χ1n) is 9.91. The SMILES string of the molecule is Cc1cccc(N2CCN(C(=O)c3nn(-c4ccccc4F)c(C)cc3=O)CC2)c1. The maximum absolute atomic E-state index is 14.2. The lowest BCUT2D eigenvalue weighted by atomic mass is 10.2. The lowest BCUT2D eigenvalue weighted by molar-refractivity contribution is 0.0737. The van der Waals surface area contributed by atoms with Crippen molar-refractivity contribution in [2.75, 3.05) is 31.1 Å². The van der Waals surface area contributed by atoms with Gasteiger partial charge in [-0.3, -0.25) is 9.59 Å². The Bertz CT molecular complexity index is 1150. The Morgan fingerprint density at radius 2 is 1.70 bits per heavy atom. The Morgan fingerprint density at radius 3 is 2.40 bits per heavy atom. The molecule has 0 aliphatic carbocycles. The van der Waals surface area contributed by atoms with Crippen molar-refractivity contribution in [3.63, 3.8) is 0 Å². The number of para-hydroxylation sites is 1. The zero-order chi connectivity index (χ0) is 21.3. The van der Waals surface area contributed by atoms with Crippen molar-refractivity contribution in [2.45, 2.75) is 13.8 Å². The summed E-state index contributed by atoms with van der Waals surface area (Å²) < 4.78 is 15.5. The van der Waals surface area contributed by atoms with E-state index < -0.39 is 17.2 Å². The Hall–Kier alpha value is -3.48. The van der Waals surface area contributed by atoms with E-state index >= 15 is 0 Å². The molecule has 2 aromatic carbocycles. The van der Waals surface area contributed by atoms with Gasteiger partial charge in [-0.05, 0) is 43.7 Å². The van der Waals surface area contributed by atoms with Gasteiger partial charge in [0.2, 0.25) is 5.43 Å². The van der Waals surface area contributed by atoms with Gasteiger partial charge in [0.05, 0.1) is 0 Å². The predicted octanol–water partition coefficient (Wildman–Crippen LogP) is 2.95. The zero-order valence-electron chi connectivity index (χ0n) is 17.0. The molecular weight excluding hydrogens is 383 g/mol. The van der Waals surface area contributed by atoms with Gasteiger partial charge in [0.1, 0.15) is 11.5 Å². The van der Waals surface area contributed by atoms with Crippen LogP contribution in [0.3, 0.4) is 0 Å². The first-order valence-corrected chi connectivity index (χ1v) is 9.91. The predicted molar refractivity (Wildman–Crippen MR) is 114 cm³/mol. The summed E-state index contributed by atoms with van der Waals surface area (Å²) in [5, 5.41) is 4.23. The van der Waals surface area contributed by atoms with Crippen LogP contribution in [-0.2, 0) is 0 Å². The molecule has 0 unspecified atom stereocenters. The van der Waals surface area contributed by atoms with Gasteiger partial charge in [0.15, 0.2) is 5.69 Å². The Kier molecular flexibility index (Phi) is 5.35. The zero-order valence-corrected chi connectivity index (χ0v) is 17.0. The molecule has 0 spiro atoms. The van der Waals surface area contributed by atoms with Crippen LogP contribution >= 0.6 is 0 Å². The maximum Gasteiger partial charge on any atom is 0.278 e. The highest BCUT2D eigenvalue weighted by molar-refractivity contribution is 5.92. The summed E-state index contributed by atoms with van der Waals surface area (Å²) >= 11 is 0. The molecular formula is C23H23FN4O2. The number of carbonyl (C=O) groups excluding carboxylic acids is 1. The number of piperazine rings is 1. The van der Waals surface area contributed by atoms with Crippen LogP contribution < -0.4 is 10.3 Å². The molecule has 4 rings (SSSR count). The van der Waals surface area contributed by atoms with E-state index in [0.29, 0.717) is 31.9 Å². The van der Waals surface area contributed by atoms with Crippen LogP contribution in [-0.4, -0.2) is 46.8 Å². The number of hydrogen-bond donors (Lipinski definition) is 0. The van der Waals surface area contributed by atoms with E-state index in [1.54, 1.807) is 30.0 Å². The van der Waals surface area contributed by atoms with Crippen LogP contribution in [0.15, 0.2) is 59.4 Å².